The van der Waals surface area contributed by atoms with E-state index >= 15 is 0 Å². The first-order valence-corrected chi connectivity index (χ1v) is 9.98. The van der Waals surface area contributed by atoms with E-state index in [9.17, 15) is 14.4 Å². The summed E-state index contributed by atoms with van der Waals surface area (Å²) in [5.41, 5.74) is -0.853. The minimum Gasteiger partial charge on any atom is -0.465 e. The Hall–Kier alpha value is -3.43. The van der Waals surface area contributed by atoms with E-state index < -0.39 is 23.3 Å². The standard InChI is InChI=1S/C21H28N4O6/c1-3-18(26)29-13-21(4-2,14-30-19(27)5-9-24-11-7-22-16-24)15-31-20(28)6-10-25-12-8-23-17-25/h3,7-8,11-12,16-17H,1,4-6,9-10,13-15H2,2H3. The Bertz CT molecular complexity index is 778. The molecule has 168 valence electrons. The molecule has 0 amide bonds. The number of aromatic nitrogens is 4. The van der Waals surface area contributed by atoms with E-state index in [1.54, 1.807) is 46.6 Å². The van der Waals surface area contributed by atoms with E-state index in [1.165, 1.54) is 0 Å². The molecule has 0 saturated carbocycles. The van der Waals surface area contributed by atoms with Crippen LogP contribution in [0.4, 0.5) is 0 Å². The number of esters is 3. The van der Waals surface area contributed by atoms with E-state index in [0.29, 0.717) is 19.5 Å². The lowest BCUT2D eigenvalue weighted by atomic mass is 9.88. The van der Waals surface area contributed by atoms with Crippen LogP contribution < -0.4 is 0 Å². The molecule has 0 spiro atoms. The van der Waals surface area contributed by atoms with Crippen LogP contribution >= 0.6 is 0 Å². The topological polar surface area (TPSA) is 115 Å². The van der Waals surface area contributed by atoms with Crippen molar-refractivity contribution < 1.29 is 28.6 Å². The summed E-state index contributed by atoms with van der Waals surface area (Å²) in [5, 5.41) is 0. The van der Waals surface area contributed by atoms with Gasteiger partial charge in [0.1, 0.15) is 19.8 Å². The molecule has 0 aliphatic rings. The fourth-order valence-corrected chi connectivity index (χ4v) is 2.60. The van der Waals surface area contributed by atoms with Crippen molar-refractivity contribution in [3.05, 3.63) is 50.1 Å². The third-order valence-corrected chi connectivity index (χ3v) is 4.78. The molecule has 0 atom stereocenters. The fraction of sp³-hybridized carbons (Fsp3) is 0.476. The highest BCUT2D eigenvalue weighted by Gasteiger charge is 2.34. The van der Waals surface area contributed by atoms with Crippen LogP contribution in [0.5, 0.6) is 0 Å². The van der Waals surface area contributed by atoms with E-state index in [0.717, 1.165) is 6.08 Å². The van der Waals surface area contributed by atoms with Crippen LogP contribution in [0.1, 0.15) is 26.2 Å². The van der Waals surface area contributed by atoms with Crippen LogP contribution in [0.15, 0.2) is 50.1 Å². The second-order valence-electron chi connectivity index (χ2n) is 7.09. The van der Waals surface area contributed by atoms with Crippen LogP contribution in [0.3, 0.4) is 0 Å². The molecular weight excluding hydrogens is 404 g/mol. The van der Waals surface area contributed by atoms with E-state index in [4.69, 9.17) is 14.2 Å². The molecule has 0 fully saturated rings. The van der Waals surface area contributed by atoms with E-state index in [2.05, 4.69) is 16.5 Å². The summed E-state index contributed by atoms with van der Waals surface area (Å²) in [4.78, 5) is 43.7. The average Bonchev–Trinajstić information content (AvgIpc) is 3.50. The molecule has 0 unspecified atom stereocenters. The number of imidazole rings is 2. The highest BCUT2D eigenvalue weighted by atomic mass is 16.6. The maximum atomic E-state index is 12.2. The van der Waals surface area contributed by atoms with E-state index in [1.807, 2.05) is 6.92 Å². The van der Waals surface area contributed by atoms with E-state index in [-0.39, 0.29) is 32.7 Å². The smallest absolute Gasteiger partial charge is 0.330 e. The summed E-state index contributed by atoms with van der Waals surface area (Å²) < 4.78 is 19.6. The maximum Gasteiger partial charge on any atom is 0.330 e. The normalized spacial score (nSPS) is 11.0. The summed E-state index contributed by atoms with van der Waals surface area (Å²) in [7, 11) is 0. The molecule has 2 rings (SSSR count). The molecule has 2 aromatic heterocycles. The van der Waals surface area contributed by atoms with Crippen LogP contribution in [0.25, 0.3) is 0 Å². The van der Waals surface area contributed by atoms with Gasteiger partial charge in [0.2, 0.25) is 0 Å². The monoisotopic (exact) mass is 432 g/mol. The van der Waals surface area contributed by atoms with Crippen molar-refractivity contribution in [3.8, 4) is 0 Å². The summed E-state index contributed by atoms with van der Waals surface area (Å²) >= 11 is 0. The first-order valence-electron chi connectivity index (χ1n) is 9.98. The zero-order valence-electron chi connectivity index (χ0n) is 17.6. The maximum absolute atomic E-state index is 12.2. The number of ether oxygens (including phenoxy) is 3. The molecule has 10 nitrogen and oxygen atoms in total. The molecule has 0 bridgehead atoms. The molecule has 2 aromatic rings. The largest absolute Gasteiger partial charge is 0.465 e. The summed E-state index contributed by atoms with van der Waals surface area (Å²) in [5.74, 6) is -1.42. The van der Waals surface area contributed by atoms with Crippen molar-refractivity contribution >= 4 is 17.9 Å². The zero-order valence-corrected chi connectivity index (χ0v) is 17.6. The highest BCUT2D eigenvalue weighted by molar-refractivity contribution is 5.81. The number of hydrogen-bond acceptors (Lipinski definition) is 8. The molecule has 0 aliphatic carbocycles. The molecule has 2 heterocycles. The van der Waals surface area contributed by atoms with Gasteiger partial charge in [-0.1, -0.05) is 13.5 Å². The molecule has 0 N–H and O–H groups in total. The summed E-state index contributed by atoms with van der Waals surface area (Å²) in [6.45, 7) is 5.92. The van der Waals surface area contributed by atoms with Gasteiger partial charge in [0.05, 0.1) is 30.9 Å². The van der Waals surface area contributed by atoms with Gasteiger partial charge in [0.15, 0.2) is 0 Å². The van der Waals surface area contributed by atoms with Gasteiger partial charge in [-0.05, 0) is 6.42 Å². The first kappa shape index (κ1) is 23.8. The number of carbonyl (C=O) groups excluding carboxylic acids is 3. The van der Waals surface area contributed by atoms with Gasteiger partial charge in [-0.3, -0.25) is 9.59 Å². The Labute approximate surface area is 180 Å². The molecule has 0 aliphatic heterocycles. The van der Waals surface area contributed by atoms with Crippen LogP contribution in [-0.2, 0) is 41.7 Å². The van der Waals surface area contributed by atoms with Crippen molar-refractivity contribution in [1.82, 2.24) is 19.1 Å². The number of nitrogens with zero attached hydrogens (tertiary/aromatic N) is 4. The molecule has 0 saturated heterocycles. The number of hydrogen-bond donors (Lipinski definition) is 0. The van der Waals surface area contributed by atoms with Crippen molar-refractivity contribution in [1.29, 1.82) is 0 Å². The average molecular weight is 432 g/mol. The van der Waals surface area contributed by atoms with Crippen molar-refractivity contribution in [2.75, 3.05) is 19.8 Å². The van der Waals surface area contributed by atoms with Gasteiger partial charge in [0.25, 0.3) is 0 Å². The summed E-state index contributed by atoms with van der Waals surface area (Å²) in [6, 6.07) is 0. The van der Waals surface area contributed by atoms with Crippen molar-refractivity contribution in [2.45, 2.75) is 39.3 Å². The van der Waals surface area contributed by atoms with Crippen LogP contribution in [-0.4, -0.2) is 56.8 Å². The lowest BCUT2D eigenvalue weighted by Crippen LogP contribution is -2.39. The molecule has 10 heteroatoms. The minimum atomic E-state index is -0.853. The second kappa shape index (κ2) is 12.3. The molecule has 0 aromatic carbocycles. The third-order valence-electron chi connectivity index (χ3n) is 4.78. The number of rotatable bonds is 14. The van der Waals surface area contributed by atoms with Gasteiger partial charge >= 0.3 is 17.9 Å². The molecular formula is C21H28N4O6. The Morgan fingerprint density at radius 2 is 1.39 bits per heavy atom. The highest BCUT2D eigenvalue weighted by Crippen LogP contribution is 2.25. The van der Waals surface area contributed by atoms with Gasteiger partial charge < -0.3 is 23.3 Å². The lowest BCUT2D eigenvalue weighted by Gasteiger charge is -2.31. The van der Waals surface area contributed by atoms with Crippen LogP contribution in [0, 0.1) is 5.41 Å². The Kier molecular flexibility index (Phi) is 9.47. The number of carbonyl (C=O) groups is 3. The Morgan fingerprint density at radius 1 is 0.903 bits per heavy atom. The van der Waals surface area contributed by atoms with Gasteiger partial charge in [-0.15, -0.1) is 0 Å². The van der Waals surface area contributed by atoms with Gasteiger partial charge in [-0.25, -0.2) is 14.8 Å². The quantitative estimate of drug-likeness (QED) is 0.252. The SMILES string of the molecule is C=CC(=O)OCC(CC)(COC(=O)CCn1ccnc1)COC(=O)CCn1ccnc1. The van der Waals surface area contributed by atoms with Crippen molar-refractivity contribution in [3.63, 3.8) is 0 Å². The lowest BCUT2D eigenvalue weighted by molar-refractivity contribution is -0.160. The molecule has 0 radical (unpaired) electrons. The van der Waals surface area contributed by atoms with Crippen LogP contribution in [0.2, 0.25) is 0 Å². The summed E-state index contributed by atoms with van der Waals surface area (Å²) in [6.07, 6.45) is 11.8. The third kappa shape index (κ3) is 8.45. The fourth-order valence-electron chi connectivity index (χ4n) is 2.60. The van der Waals surface area contributed by atoms with Gasteiger partial charge in [-0.2, -0.15) is 0 Å². The first-order chi connectivity index (χ1) is 15.0. The predicted molar refractivity (Wildman–Crippen MR) is 109 cm³/mol. The molecule has 31 heavy (non-hydrogen) atoms. The Morgan fingerprint density at radius 3 is 1.77 bits per heavy atom. The van der Waals surface area contributed by atoms with Crippen molar-refractivity contribution in [2.24, 2.45) is 5.41 Å². The Balaban J connectivity index is 1.89. The van der Waals surface area contributed by atoms with Gasteiger partial charge in [0, 0.05) is 44.0 Å². The number of aryl methyl sites for hydroxylation is 2. The predicted octanol–water partition coefficient (Wildman–Crippen LogP) is 1.77. The second-order valence-corrected chi connectivity index (χ2v) is 7.09. The zero-order chi connectivity index (χ0) is 22.5. The minimum absolute atomic E-state index is 0.0501.